The maximum absolute atomic E-state index is 13.5. The van der Waals surface area contributed by atoms with Gasteiger partial charge < -0.3 is 25.5 Å². The lowest BCUT2D eigenvalue weighted by molar-refractivity contribution is -0.144. The SMILES string of the molecule is CC(C)CC(NC(=O)C1(Cc2ccccc2)CC(CNC(=O)c2ccnn2C2CCCC2)=NO1)B(O)O. The molecule has 2 atom stereocenters. The highest BCUT2D eigenvalue weighted by Gasteiger charge is 2.48. The monoisotopic (exact) mass is 509 g/mol. The van der Waals surface area contributed by atoms with Crippen LogP contribution in [0.15, 0.2) is 47.8 Å². The van der Waals surface area contributed by atoms with Gasteiger partial charge in [0.1, 0.15) is 5.69 Å². The third-order valence-electron chi connectivity index (χ3n) is 7.01. The van der Waals surface area contributed by atoms with Crippen molar-refractivity contribution in [1.82, 2.24) is 20.4 Å². The van der Waals surface area contributed by atoms with Crippen LogP contribution in [-0.2, 0) is 16.1 Å². The Morgan fingerprint density at radius 2 is 1.92 bits per heavy atom. The number of carbonyl (C=O) groups is 2. The van der Waals surface area contributed by atoms with E-state index in [1.165, 1.54) is 0 Å². The lowest BCUT2D eigenvalue weighted by Gasteiger charge is -2.29. The van der Waals surface area contributed by atoms with Crippen molar-refractivity contribution in [2.75, 3.05) is 6.54 Å². The molecule has 1 aromatic carbocycles. The first-order valence-corrected chi connectivity index (χ1v) is 13.0. The summed E-state index contributed by atoms with van der Waals surface area (Å²) >= 11 is 0. The summed E-state index contributed by atoms with van der Waals surface area (Å²) in [4.78, 5) is 32.2. The molecule has 10 nitrogen and oxygen atoms in total. The molecular formula is C26H36BN5O5. The second-order valence-electron chi connectivity index (χ2n) is 10.5. The van der Waals surface area contributed by atoms with E-state index in [0.717, 1.165) is 31.2 Å². The van der Waals surface area contributed by atoms with Gasteiger partial charge in [0.15, 0.2) is 0 Å². The quantitative estimate of drug-likeness (QED) is 0.342. The van der Waals surface area contributed by atoms with Crippen LogP contribution in [0, 0.1) is 5.92 Å². The first-order valence-electron chi connectivity index (χ1n) is 13.0. The summed E-state index contributed by atoms with van der Waals surface area (Å²) in [5.41, 5.74) is 0.546. The van der Waals surface area contributed by atoms with Crippen LogP contribution >= 0.6 is 0 Å². The Labute approximate surface area is 217 Å². The van der Waals surface area contributed by atoms with Crippen LogP contribution < -0.4 is 10.6 Å². The number of nitrogens with one attached hydrogen (secondary N) is 2. The first kappa shape index (κ1) is 26.9. The number of amides is 2. The molecule has 2 amide bonds. The zero-order valence-electron chi connectivity index (χ0n) is 21.5. The molecule has 2 heterocycles. The largest absolute Gasteiger partial charge is 0.475 e. The summed E-state index contributed by atoms with van der Waals surface area (Å²) in [6, 6.07) is 11.4. The van der Waals surface area contributed by atoms with Gasteiger partial charge >= 0.3 is 7.12 Å². The smallest absolute Gasteiger partial charge is 0.426 e. The lowest BCUT2D eigenvalue weighted by Crippen LogP contribution is -2.56. The van der Waals surface area contributed by atoms with Crippen molar-refractivity contribution >= 4 is 24.6 Å². The van der Waals surface area contributed by atoms with E-state index in [0.29, 0.717) is 17.8 Å². The Kier molecular flexibility index (Phi) is 8.65. The van der Waals surface area contributed by atoms with E-state index in [1.807, 2.05) is 44.2 Å². The van der Waals surface area contributed by atoms with Crippen molar-refractivity contribution in [3.8, 4) is 0 Å². The number of aromatic nitrogens is 2. The molecule has 4 rings (SSSR count). The Morgan fingerprint density at radius 3 is 2.59 bits per heavy atom. The number of oxime groups is 1. The normalized spacial score (nSPS) is 20.4. The molecule has 1 aliphatic heterocycles. The van der Waals surface area contributed by atoms with Crippen molar-refractivity contribution in [3.05, 3.63) is 53.9 Å². The predicted molar refractivity (Wildman–Crippen MR) is 140 cm³/mol. The number of rotatable bonds is 11. The van der Waals surface area contributed by atoms with E-state index in [9.17, 15) is 19.6 Å². The van der Waals surface area contributed by atoms with Crippen LogP contribution in [0.1, 0.15) is 74.5 Å². The van der Waals surface area contributed by atoms with Crippen molar-refractivity contribution in [2.24, 2.45) is 11.1 Å². The summed E-state index contributed by atoms with van der Waals surface area (Å²) in [6.45, 7) is 4.00. The van der Waals surface area contributed by atoms with Gasteiger partial charge in [-0.3, -0.25) is 14.3 Å². The van der Waals surface area contributed by atoms with Crippen molar-refractivity contribution < 1.29 is 24.5 Å². The molecular weight excluding hydrogens is 473 g/mol. The molecule has 11 heteroatoms. The molecule has 1 aromatic heterocycles. The van der Waals surface area contributed by atoms with Gasteiger partial charge in [-0.05, 0) is 36.8 Å². The maximum Gasteiger partial charge on any atom is 0.475 e. The fourth-order valence-corrected chi connectivity index (χ4v) is 5.13. The van der Waals surface area contributed by atoms with E-state index >= 15 is 0 Å². The van der Waals surface area contributed by atoms with Crippen LogP contribution in [0.4, 0.5) is 0 Å². The first-order chi connectivity index (χ1) is 17.8. The standard InChI is InChI=1S/C26H36BN5O5/c1-18(2)14-23(27(35)36)30-25(34)26(15-19-8-4-3-5-9-19)16-20(31-37-26)17-28-24(33)22-12-13-29-32(22)21-10-6-7-11-21/h3-5,8-9,12-13,18,21,23,35-36H,6-7,10-11,14-17H2,1-2H3,(H,28,33)(H,30,34). The fraction of sp³-hybridized carbons (Fsp3) is 0.538. The van der Waals surface area contributed by atoms with Crippen molar-refractivity contribution in [2.45, 2.75) is 76.4 Å². The van der Waals surface area contributed by atoms with E-state index in [-0.39, 0.29) is 37.3 Å². The minimum absolute atomic E-state index is 0.122. The summed E-state index contributed by atoms with van der Waals surface area (Å²) in [5.74, 6) is -1.43. The molecule has 1 aliphatic carbocycles. The second kappa shape index (κ2) is 11.9. The Bertz CT molecular complexity index is 1100. The minimum atomic E-state index is -1.70. The molecule has 0 spiro atoms. The molecule has 0 bridgehead atoms. The molecule has 4 N–H and O–H groups in total. The Morgan fingerprint density at radius 1 is 1.19 bits per heavy atom. The molecule has 0 saturated heterocycles. The molecule has 1 saturated carbocycles. The highest BCUT2D eigenvalue weighted by molar-refractivity contribution is 6.43. The summed E-state index contributed by atoms with van der Waals surface area (Å²) < 4.78 is 1.80. The van der Waals surface area contributed by atoms with Gasteiger partial charge in [0.05, 0.1) is 24.2 Å². The average Bonchev–Trinajstić information content (AvgIpc) is 3.63. The number of benzene rings is 1. The molecule has 2 aromatic rings. The molecule has 37 heavy (non-hydrogen) atoms. The van der Waals surface area contributed by atoms with Gasteiger partial charge in [-0.15, -0.1) is 0 Å². The van der Waals surface area contributed by atoms with Gasteiger partial charge in [-0.2, -0.15) is 5.10 Å². The number of carbonyl (C=O) groups excluding carboxylic acids is 2. The van der Waals surface area contributed by atoms with Gasteiger partial charge in [-0.25, -0.2) is 0 Å². The lowest BCUT2D eigenvalue weighted by atomic mass is 9.74. The molecule has 198 valence electrons. The van der Waals surface area contributed by atoms with Crippen LogP contribution in [0.3, 0.4) is 0 Å². The zero-order valence-corrected chi connectivity index (χ0v) is 21.5. The highest BCUT2D eigenvalue weighted by atomic mass is 16.7. The van der Waals surface area contributed by atoms with Crippen molar-refractivity contribution in [3.63, 3.8) is 0 Å². The maximum atomic E-state index is 13.5. The van der Waals surface area contributed by atoms with Crippen LogP contribution in [0.5, 0.6) is 0 Å². The Hall–Kier alpha value is -3.18. The van der Waals surface area contributed by atoms with Crippen molar-refractivity contribution in [1.29, 1.82) is 0 Å². The minimum Gasteiger partial charge on any atom is -0.426 e. The van der Waals surface area contributed by atoms with E-state index in [4.69, 9.17) is 4.84 Å². The summed E-state index contributed by atoms with van der Waals surface area (Å²) in [7, 11) is -1.70. The average molecular weight is 509 g/mol. The fourth-order valence-electron chi connectivity index (χ4n) is 5.13. The van der Waals surface area contributed by atoms with Crippen LogP contribution in [0.25, 0.3) is 0 Å². The van der Waals surface area contributed by atoms with E-state index in [1.54, 1.807) is 16.9 Å². The zero-order chi connectivity index (χ0) is 26.4. The van der Waals surface area contributed by atoms with Gasteiger partial charge in [-0.1, -0.05) is 62.2 Å². The van der Waals surface area contributed by atoms with E-state index in [2.05, 4.69) is 20.9 Å². The predicted octanol–water partition coefficient (Wildman–Crippen LogP) is 2.03. The highest BCUT2D eigenvalue weighted by Crippen LogP contribution is 2.31. The van der Waals surface area contributed by atoms with Gasteiger partial charge in [0.2, 0.25) is 5.60 Å². The van der Waals surface area contributed by atoms with Crippen LogP contribution in [0.2, 0.25) is 0 Å². The third kappa shape index (κ3) is 6.58. The topological polar surface area (TPSA) is 138 Å². The summed E-state index contributed by atoms with van der Waals surface area (Å²) in [5, 5.41) is 33.8. The second-order valence-corrected chi connectivity index (χ2v) is 10.5. The molecule has 2 aliphatic rings. The number of hydrogen-bond donors (Lipinski definition) is 4. The number of hydrogen-bond acceptors (Lipinski definition) is 7. The third-order valence-corrected chi connectivity index (χ3v) is 7.01. The van der Waals surface area contributed by atoms with Crippen LogP contribution in [-0.4, -0.2) is 62.6 Å². The Balaban J connectivity index is 1.44. The molecule has 0 radical (unpaired) electrons. The van der Waals surface area contributed by atoms with Gasteiger partial charge in [0, 0.05) is 19.0 Å². The molecule has 1 fully saturated rings. The summed E-state index contributed by atoms with van der Waals surface area (Å²) in [6.07, 6.45) is 6.73. The van der Waals surface area contributed by atoms with Gasteiger partial charge in [0.25, 0.3) is 11.8 Å². The number of nitrogens with zero attached hydrogens (tertiary/aromatic N) is 3. The molecule has 2 unspecified atom stereocenters. The van der Waals surface area contributed by atoms with E-state index < -0.39 is 24.6 Å².